The highest BCUT2D eigenvalue weighted by Crippen LogP contribution is 2.34. The molecular weight excluding hydrogens is 458 g/mol. The first kappa shape index (κ1) is 19.4. The van der Waals surface area contributed by atoms with Crippen LogP contribution in [0.25, 0.3) is 6.08 Å². The van der Waals surface area contributed by atoms with Crippen molar-refractivity contribution < 1.29 is 14.5 Å². The molecule has 3 rings (SSSR count). The van der Waals surface area contributed by atoms with Gasteiger partial charge in [0.15, 0.2) is 5.17 Å². The van der Waals surface area contributed by atoms with Crippen molar-refractivity contribution in [1.29, 1.82) is 0 Å². The average Bonchev–Trinajstić information content (AvgIpc) is 2.96. The lowest BCUT2D eigenvalue weighted by atomic mass is 10.2. The highest BCUT2D eigenvalue weighted by molar-refractivity contribution is 9.10. The summed E-state index contributed by atoms with van der Waals surface area (Å²) in [5, 5.41) is 13.9. The van der Waals surface area contributed by atoms with Gasteiger partial charge in [-0.25, -0.2) is 4.99 Å². The van der Waals surface area contributed by atoms with Crippen molar-refractivity contribution in [2.45, 2.75) is 0 Å². The number of hydrogen-bond acceptors (Lipinski definition) is 6. The van der Waals surface area contributed by atoms with Gasteiger partial charge >= 0.3 is 0 Å². The zero-order valence-corrected chi connectivity index (χ0v) is 16.9. The van der Waals surface area contributed by atoms with Crippen LogP contribution in [0.1, 0.15) is 5.56 Å². The van der Waals surface area contributed by atoms with Gasteiger partial charge in [0.05, 0.1) is 27.6 Å². The second-order valence-electron chi connectivity index (χ2n) is 5.26. The van der Waals surface area contributed by atoms with Crippen LogP contribution >= 0.6 is 39.3 Å². The molecule has 0 saturated carbocycles. The van der Waals surface area contributed by atoms with Gasteiger partial charge in [0.1, 0.15) is 5.75 Å². The Morgan fingerprint density at radius 1 is 1.33 bits per heavy atom. The first-order chi connectivity index (χ1) is 12.9. The second kappa shape index (κ2) is 8.12. The summed E-state index contributed by atoms with van der Waals surface area (Å²) in [5.41, 5.74) is 0.930. The quantitative estimate of drug-likeness (QED) is 0.391. The van der Waals surface area contributed by atoms with E-state index in [9.17, 15) is 14.9 Å². The first-order valence-corrected chi connectivity index (χ1v) is 9.43. The maximum absolute atomic E-state index is 12.2. The van der Waals surface area contributed by atoms with Crippen LogP contribution in [0.4, 0.5) is 11.4 Å². The number of nitrogens with one attached hydrogen (secondary N) is 1. The topological polar surface area (TPSA) is 93.8 Å². The first-order valence-electron chi connectivity index (χ1n) is 7.44. The number of halogens is 2. The van der Waals surface area contributed by atoms with E-state index in [2.05, 4.69) is 26.2 Å². The average molecular weight is 469 g/mol. The molecule has 1 amide bonds. The highest BCUT2D eigenvalue weighted by atomic mass is 79.9. The molecule has 0 atom stereocenters. The summed E-state index contributed by atoms with van der Waals surface area (Å²) in [6, 6.07) is 9.41. The minimum Gasteiger partial charge on any atom is -0.496 e. The van der Waals surface area contributed by atoms with E-state index in [-0.39, 0.29) is 16.6 Å². The fourth-order valence-corrected chi connectivity index (χ4v) is 3.67. The number of non-ortho nitro benzene ring substituents is 1. The number of amides is 1. The largest absolute Gasteiger partial charge is 0.496 e. The smallest absolute Gasteiger partial charge is 0.271 e. The maximum Gasteiger partial charge on any atom is 0.271 e. The zero-order valence-electron chi connectivity index (χ0n) is 13.7. The SMILES string of the molecule is COc1ccc(Br)cc1/C=C1/SC(=Nc2ccc([N+](=O)[O-])cc2Cl)NC1=O. The monoisotopic (exact) mass is 467 g/mol. The molecule has 0 aliphatic carbocycles. The van der Waals surface area contributed by atoms with Gasteiger partial charge in [-0.05, 0) is 42.1 Å². The molecular formula is C17H11BrClN3O4S. The van der Waals surface area contributed by atoms with E-state index in [4.69, 9.17) is 16.3 Å². The van der Waals surface area contributed by atoms with E-state index in [1.807, 2.05) is 12.1 Å². The molecule has 1 aliphatic rings. The number of hydrogen-bond donors (Lipinski definition) is 1. The Balaban J connectivity index is 1.89. The Labute approximate surface area is 171 Å². The molecule has 10 heteroatoms. The lowest BCUT2D eigenvalue weighted by molar-refractivity contribution is -0.384. The summed E-state index contributed by atoms with van der Waals surface area (Å²) in [5.74, 6) is 0.321. The molecule has 1 aliphatic heterocycles. The van der Waals surface area contributed by atoms with E-state index >= 15 is 0 Å². The molecule has 7 nitrogen and oxygen atoms in total. The van der Waals surface area contributed by atoms with Gasteiger partial charge in [0.25, 0.3) is 11.6 Å². The number of carbonyl (C=O) groups excluding carboxylic acids is 1. The third-order valence-electron chi connectivity index (χ3n) is 3.49. The van der Waals surface area contributed by atoms with E-state index < -0.39 is 4.92 Å². The van der Waals surface area contributed by atoms with Gasteiger partial charge in [-0.2, -0.15) is 0 Å². The van der Waals surface area contributed by atoms with Crippen LogP contribution in [0.15, 0.2) is 50.8 Å². The van der Waals surface area contributed by atoms with Crippen LogP contribution < -0.4 is 10.1 Å². The van der Waals surface area contributed by atoms with Crippen molar-refractivity contribution in [3.05, 3.63) is 66.5 Å². The van der Waals surface area contributed by atoms with Crippen molar-refractivity contribution in [3.8, 4) is 5.75 Å². The van der Waals surface area contributed by atoms with Gasteiger partial charge in [-0.15, -0.1) is 0 Å². The molecule has 2 aromatic rings. The summed E-state index contributed by atoms with van der Waals surface area (Å²) >= 11 is 10.6. The van der Waals surface area contributed by atoms with Gasteiger partial charge in [-0.1, -0.05) is 27.5 Å². The predicted octanol–water partition coefficient (Wildman–Crippen LogP) is 4.91. The van der Waals surface area contributed by atoms with Crippen molar-refractivity contribution >= 4 is 67.8 Å². The lowest BCUT2D eigenvalue weighted by Crippen LogP contribution is -2.19. The molecule has 1 N–H and O–H groups in total. The number of nitro groups is 1. The van der Waals surface area contributed by atoms with E-state index in [1.54, 1.807) is 19.3 Å². The van der Waals surface area contributed by atoms with Crippen LogP contribution in [0.5, 0.6) is 5.75 Å². The summed E-state index contributed by atoms with van der Waals surface area (Å²) in [6.45, 7) is 0. The molecule has 27 heavy (non-hydrogen) atoms. The molecule has 0 spiro atoms. The molecule has 138 valence electrons. The van der Waals surface area contributed by atoms with E-state index in [1.165, 1.54) is 18.2 Å². The summed E-state index contributed by atoms with van der Waals surface area (Å²) in [4.78, 5) is 27.2. The third kappa shape index (κ3) is 4.49. The van der Waals surface area contributed by atoms with Gasteiger partial charge < -0.3 is 10.1 Å². The number of nitro benzene ring substituents is 1. The predicted molar refractivity (Wildman–Crippen MR) is 110 cm³/mol. The molecule has 1 heterocycles. The fraction of sp³-hybridized carbons (Fsp3) is 0.0588. The minimum absolute atomic E-state index is 0.123. The number of carbonyl (C=O) groups is 1. The van der Waals surface area contributed by atoms with E-state index in [0.717, 1.165) is 21.8 Å². The Hall–Kier alpha value is -2.36. The summed E-state index contributed by atoms with van der Waals surface area (Å²) in [6.07, 6.45) is 1.70. The number of aliphatic imine (C=N–C) groups is 1. The van der Waals surface area contributed by atoms with Crippen molar-refractivity contribution in [3.63, 3.8) is 0 Å². The number of amidine groups is 1. The van der Waals surface area contributed by atoms with Gasteiger partial charge in [-0.3, -0.25) is 14.9 Å². The van der Waals surface area contributed by atoms with Crippen LogP contribution in [0.3, 0.4) is 0 Å². The van der Waals surface area contributed by atoms with Gasteiger partial charge in [0, 0.05) is 22.2 Å². The van der Waals surface area contributed by atoms with Gasteiger partial charge in [0.2, 0.25) is 0 Å². The molecule has 0 aromatic heterocycles. The lowest BCUT2D eigenvalue weighted by Gasteiger charge is -2.05. The number of thioether (sulfide) groups is 1. The molecule has 2 aromatic carbocycles. The van der Waals surface area contributed by atoms with E-state index in [0.29, 0.717) is 21.5 Å². The second-order valence-corrected chi connectivity index (χ2v) is 7.61. The Kier molecular flexibility index (Phi) is 5.83. The number of benzene rings is 2. The van der Waals surface area contributed by atoms with Crippen molar-refractivity contribution in [2.75, 3.05) is 7.11 Å². The summed E-state index contributed by atoms with van der Waals surface area (Å²) < 4.78 is 6.16. The fourth-order valence-electron chi connectivity index (χ4n) is 2.25. The maximum atomic E-state index is 12.2. The van der Waals surface area contributed by atoms with Crippen molar-refractivity contribution in [2.24, 2.45) is 4.99 Å². The molecule has 0 unspecified atom stereocenters. The highest BCUT2D eigenvalue weighted by Gasteiger charge is 2.24. The molecule has 1 fully saturated rings. The standard InChI is InChI=1S/C17H11BrClN3O4S/c1-26-14-5-2-10(18)6-9(14)7-15-16(23)21-17(27-15)20-13-4-3-11(22(24)25)8-12(13)19/h2-8H,1H3,(H,20,21,23)/b15-7+. The Morgan fingerprint density at radius 2 is 2.11 bits per heavy atom. The summed E-state index contributed by atoms with van der Waals surface area (Å²) in [7, 11) is 1.55. The third-order valence-corrected chi connectivity index (χ3v) is 5.20. The number of nitrogens with zero attached hydrogens (tertiary/aromatic N) is 2. The molecule has 0 radical (unpaired) electrons. The number of methoxy groups -OCH3 is 1. The Morgan fingerprint density at radius 3 is 2.78 bits per heavy atom. The Bertz CT molecular complexity index is 1010. The number of rotatable bonds is 4. The normalized spacial score (nSPS) is 16.6. The minimum atomic E-state index is -0.541. The number of ether oxygens (including phenoxy) is 1. The zero-order chi connectivity index (χ0) is 19.6. The van der Waals surface area contributed by atoms with Crippen LogP contribution in [0, 0.1) is 10.1 Å². The molecule has 0 bridgehead atoms. The molecule has 1 saturated heterocycles. The van der Waals surface area contributed by atoms with Crippen LogP contribution in [-0.4, -0.2) is 23.1 Å². The van der Waals surface area contributed by atoms with Crippen LogP contribution in [-0.2, 0) is 4.79 Å². The van der Waals surface area contributed by atoms with Crippen molar-refractivity contribution in [1.82, 2.24) is 5.32 Å². The van der Waals surface area contributed by atoms with Crippen LogP contribution in [0.2, 0.25) is 5.02 Å².